The number of hydrogen-bond acceptors (Lipinski definition) is 2. The minimum atomic E-state index is -0.596. The Hall–Kier alpha value is -1.80. The molecule has 0 aromatic heterocycles. The summed E-state index contributed by atoms with van der Waals surface area (Å²) in [6.45, 7) is 8.18. The molecule has 0 radical (unpaired) electrons. The van der Waals surface area contributed by atoms with Gasteiger partial charge in [0.2, 0.25) is 0 Å². The van der Waals surface area contributed by atoms with Crippen LogP contribution in [0.5, 0.6) is 5.75 Å². The van der Waals surface area contributed by atoms with E-state index in [0.29, 0.717) is 0 Å². The lowest BCUT2D eigenvalue weighted by molar-refractivity contribution is 0.218. The Morgan fingerprint density at radius 2 is 1.50 bits per heavy atom. The third-order valence-electron chi connectivity index (χ3n) is 3.78. The first-order chi connectivity index (χ1) is 9.43. The van der Waals surface area contributed by atoms with Crippen molar-refractivity contribution in [3.8, 4) is 5.75 Å². The van der Waals surface area contributed by atoms with Crippen molar-refractivity contribution in [2.24, 2.45) is 0 Å². The maximum atomic E-state index is 10.7. The van der Waals surface area contributed by atoms with Gasteiger partial charge >= 0.3 is 0 Å². The molecule has 0 heterocycles. The molecule has 2 rings (SSSR count). The molecular weight excluding hydrogens is 248 g/mol. The molecule has 0 aliphatic carbocycles. The van der Waals surface area contributed by atoms with Crippen LogP contribution in [0.3, 0.4) is 0 Å². The molecule has 0 aliphatic heterocycles. The van der Waals surface area contributed by atoms with Crippen LogP contribution in [0.25, 0.3) is 0 Å². The van der Waals surface area contributed by atoms with Crippen LogP contribution in [-0.4, -0.2) is 12.2 Å². The number of benzene rings is 2. The maximum absolute atomic E-state index is 10.7. The molecule has 0 fully saturated rings. The molecule has 2 aromatic carbocycles. The predicted molar refractivity (Wildman–Crippen MR) is 82.4 cm³/mol. The van der Waals surface area contributed by atoms with Crippen LogP contribution in [0.2, 0.25) is 0 Å². The van der Waals surface area contributed by atoms with Gasteiger partial charge in [0.1, 0.15) is 11.9 Å². The Bertz CT molecular complexity index is 606. The van der Waals surface area contributed by atoms with Gasteiger partial charge in [-0.15, -0.1) is 0 Å². The average molecular weight is 270 g/mol. The summed E-state index contributed by atoms with van der Waals surface area (Å²) >= 11 is 0. The number of aliphatic hydroxyl groups is 1. The van der Waals surface area contributed by atoms with Gasteiger partial charge in [0, 0.05) is 0 Å². The molecule has 1 atom stereocenters. The number of ether oxygens (including phenoxy) is 1. The first-order valence-corrected chi connectivity index (χ1v) is 6.84. The highest BCUT2D eigenvalue weighted by molar-refractivity contribution is 5.46. The van der Waals surface area contributed by atoms with Crippen molar-refractivity contribution in [3.05, 3.63) is 63.7 Å². The Kier molecular flexibility index (Phi) is 4.15. The molecule has 0 saturated heterocycles. The summed E-state index contributed by atoms with van der Waals surface area (Å²) < 4.78 is 5.22. The lowest BCUT2D eigenvalue weighted by Gasteiger charge is -2.20. The van der Waals surface area contributed by atoms with Crippen LogP contribution < -0.4 is 4.74 Å². The monoisotopic (exact) mass is 270 g/mol. The van der Waals surface area contributed by atoms with Gasteiger partial charge in [-0.2, -0.15) is 0 Å². The third kappa shape index (κ3) is 2.70. The van der Waals surface area contributed by atoms with Gasteiger partial charge in [-0.1, -0.05) is 23.8 Å². The Labute approximate surface area is 121 Å². The lowest BCUT2D eigenvalue weighted by atomic mass is 9.90. The second-order valence-corrected chi connectivity index (χ2v) is 5.44. The number of hydrogen-bond donors (Lipinski definition) is 1. The van der Waals surface area contributed by atoms with Gasteiger partial charge in [0.05, 0.1) is 7.11 Å². The van der Waals surface area contributed by atoms with Gasteiger partial charge in [-0.3, -0.25) is 0 Å². The summed E-state index contributed by atoms with van der Waals surface area (Å²) in [6.07, 6.45) is -0.596. The van der Waals surface area contributed by atoms with Crippen molar-refractivity contribution in [3.63, 3.8) is 0 Å². The van der Waals surface area contributed by atoms with Crippen LogP contribution in [0, 0.1) is 27.7 Å². The molecule has 2 nitrogen and oxygen atoms in total. The highest BCUT2D eigenvalue weighted by Crippen LogP contribution is 2.31. The van der Waals surface area contributed by atoms with E-state index in [0.717, 1.165) is 33.6 Å². The average Bonchev–Trinajstić information content (AvgIpc) is 2.37. The summed E-state index contributed by atoms with van der Waals surface area (Å²) in [5.41, 5.74) is 6.46. The van der Waals surface area contributed by atoms with Crippen molar-refractivity contribution >= 4 is 0 Å². The van der Waals surface area contributed by atoms with Gasteiger partial charge in [0.25, 0.3) is 0 Å². The fourth-order valence-corrected chi connectivity index (χ4v) is 2.86. The summed E-state index contributed by atoms with van der Waals surface area (Å²) in [5.74, 6) is 0.816. The van der Waals surface area contributed by atoms with Crippen LogP contribution in [0.4, 0.5) is 0 Å². The van der Waals surface area contributed by atoms with Crippen LogP contribution in [0.15, 0.2) is 30.3 Å². The third-order valence-corrected chi connectivity index (χ3v) is 3.78. The van der Waals surface area contributed by atoms with Crippen molar-refractivity contribution in [1.29, 1.82) is 0 Å². The molecule has 0 bridgehead atoms. The molecule has 106 valence electrons. The highest BCUT2D eigenvalue weighted by Gasteiger charge is 2.17. The second-order valence-electron chi connectivity index (χ2n) is 5.44. The molecule has 0 amide bonds. The normalized spacial score (nSPS) is 12.3. The summed E-state index contributed by atoms with van der Waals surface area (Å²) in [7, 11) is 1.65. The SMILES string of the molecule is COc1ccc(C(O)c2c(C)cc(C)cc2C)c(C)c1. The smallest absolute Gasteiger partial charge is 0.119 e. The van der Waals surface area contributed by atoms with Crippen LogP contribution in [-0.2, 0) is 0 Å². The number of methoxy groups -OCH3 is 1. The van der Waals surface area contributed by atoms with E-state index in [4.69, 9.17) is 4.74 Å². The quantitative estimate of drug-likeness (QED) is 0.913. The lowest BCUT2D eigenvalue weighted by Crippen LogP contribution is -2.07. The summed E-state index contributed by atoms with van der Waals surface area (Å²) in [5, 5.41) is 10.7. The van der Waals surface area contributed by atoms with E-state index >= 15 is 0 Å². The van der Waals surface area contributed by atoms with E-state index in [2.05, 4.69) is 32.9 Å². The largest absolute Gasteiger partial charge is 0.497 e. The number of aryl methyl sites for hydroxylation is 4. The molecule has 1 unspecified atom stereocenters. The minimum Gasteiger partial charge on any atom is -0.497 e. The van der Waals surface area contributed by atoms with Crippen LogP contribution in [0.1, 0.15) is 39.5 Å². The molecule has 1 N–H and O–H groups in total. The fourth-order valence-electron chi connectivity index (χ4n) is 2.86. The van der Waals surface area contributed by atoms with Gasteiger partial charge in [-0.25, -0.2) is 0 Å². The van der Waals surface area contributed by atoms with E-state index in [1.807, 2.05) is 25.1 Å². The van der Waals surface area contributed by atoms with Crippen molar-refractivity contribution in [2.45, 2.75) is 33.8 Å². The standard InChI is InChI=1S/C18H22O2/c1-11-8-13(3)17(14(4)9-11)18(19)16-7-6-15(20-5)10-12(16)2/h6-10,18-19H,1-5H3. The molecule has 2 aromatic rings. The minimum absolute atomic E-state index is 0.596. The van der Waals surface area contributed by atoms with Crippen molar-refractivity contribution < 1.29 is 9.84 Å². The zero-order chi connectivity index (χ0) is 14.9. The Morgan fingerprint density at radius 3 is 2.00 bits per heavy atom. The summed E-state index contributed by atoms with van der Waals surface area (Å²) in [4.78, 5) is 0. The van der Waals surface area contributed by atoms with E-state index in [1.54, 1.807) is 7.11 Å². The van der Waals surface area contributed by atoms with E-state index in [9.17, 15) is 5.11 Å². The van der Waals surface area contributed by atoms with Gasteiger partial charge < -0.3 is 9.84 Å². The zero-order valence-corrected chi connectivity index (χ0v) is 12.8. The first kappa shape index (κ1) is 14.6. The second kappa shape index (κ2) is 5.68. The fraction of sp³-hybridized carbons (Fsp3) is 0.333. The molecule has 0 saturated carbocycles. The number of rotatable bonds is 3. The molecular formula is C18H22O2. The van der Waals surface area contributed by atoms with Crippen molar-refractivity contribution in [2.75, 3.05) is 7.11 Å². The van der Waals surface area contributed by atoms with E-state index < -0.39 is 6.10 Å². The predicted octanol–water partition coefficient (Wildman–Crippen LogP) is 4.01. The Balaban J connectivity index is 2.49. The van der Waals surface area contributed by atoms with E-state index in [1.165, 1.54) is 5.56 Å². The van der Waals surface area contributed by atoms with Crippen LogP contribution >= 0.6 is 0 Å². The van der Waals surface area contributed by atoms with E-state index in [-0.39, 0.29) is 0 Å². The summed E-state index contributed by atoms with van der Waals surface area (Å²) in [6, 6.07) is 10.0. The molecule has 20 heavy (non-hydrogen) atoms. The number of aliphatic hydroxyl groups excluding tert-OH is 1. The van der Waals surface area contributed by atoms with Crippen molar-refractivity contribution in [1.82, 2.24) is 0 Å². The molecule has 0 aliphatic rings. The molecule has 0 spiro atoms. The first-order valence-electron chi connectivity index (χ1n) is 6.84. The van der Waals surface area contributed by atoms with Gasteiger partial charge in [0.15, 0.2) is 0 Å². The van der Waals surface area contributed by atoms with Gasteiger partial charge in [-0.05, 0) is 67.6 Å². The molecule has 2 heteroatoms. The Morgan fingerprint density at radius 1 is 0.900 bits per heavy atom. The zero-order valence-electron chi connectivity index (χ0n) is 12.8. The highest BCUT2D eigenvalue weighted by atomic mass is 16.5. The topological polar surface area (TPSA) is 29.5 Å². The maximum Gasteiger partial charge on any atom is 0.119 e.